The van der Waals surface area contributed by atoms with Crippen LogP contribution in [0.3, 0.4) is 0 Å². The Labute approximate surface area is 220 Å². The average molecular weight is 548 g/mol. The summed E-state index contributed by atoms with van der Waals surface area (Å²) in [5, 5.41) is 2.57. The van der Waals surface area contributed by atoms with Crippen LogP contribution in [0.2, 0.25) is 0 Å². The van der Waals surface area contributed by atoms with E-state index in [0.29, 0.717) is 11.3 Å². The molecule has 2 aliphatic heterocycles. The summed E-state index contributed by atoms with van der Waals surface area (Å²) in [5.41, 5.74) is 0.931. The molecule has 37 heavy (non-hydrogen) atoms. The van der Waals surface area contributed by atoms with Gasteiger partial charge in [0.25, 0.3) is 5.91 Å². The van der Waals surface area contributed by atoms with Crippen molar-refractivity contribution >= 4 is 44.5 Å². The van der Waals surface area contributed by atoms with Crippen molar-refractivity contribution in [2.24, 2.45) is 4.99 Å². The molecule has 2 amide bonds. The summed E-state index contributed by atoms with van der Waals surface area (Å²) >= 11 is 1.19. The molecule has 8 nitrogen and oxygen atoms in total. The summed E-state index contributed by atoms with van der Waals surface area (Å²) in [7, 11) is -3.28. The quantitative estimate of drug-likeness (QED) is 0.606. The van der Waals surface area contributed by atoms with Gasteiger partial charge in [-0.2, -0.15) is 4.99 Å². The number of hydrogen-bond donors (Lipinski definition) is 1. The summed E-state index contributed by atoms with van der Waals surface area (Å²) in [6.07, 6.45) is -0.567. The first-order chi connectivity index (χ1) is 17.3. The van der Waals surface area contributed by atoms with Crippen molar-refractivity contribution in [1.29, 1.82) is 0 Å². The number of halogens is 1. The van der Waals surface area contributed by atoms with Gasteiger partial charge in [0, 0.05) is 17.4 Å². The lowest BCUT2D eigenvalue weighted by atomic mass is 10.1. The highest BCUT2D eigenvalue weighted by molar-refractivity contribution is 8.16. The van der Waals surface area contributed by atoms with Gasteiger partial charge in [-0.25, -0.2) is 17.6 Å². The first-order valence-corrected chi connectivity index (χ1v) is 14.6. The molecular weight excluding hydrogens is 517 g/mol. The molecule has 0 saturated carbocycles. The molecule has 2 aromatic carbocycles. The molecule has 2 aromatic rings. The number of thioether (sulfide) groups is 1. The number of benzene rings is 2. The lowest BCUT2D eigenvalue weighted by molar-refractivity contribution is -0.119. The number of carbonyl (C=O) groups is 2. The zero-order valence-corrected chi connectivity index (χ0v) is 22.7. The third-order valence-electron chi connectivity index (χ3n) is 5.98. The Morgan fingerprint density at radius 1 is 1.19 bits per heavy atom. The molecule has 4 rings (SSSR count). The highest BCUT2D eigenvalue weighted by atomic mass is 32.2. The van der Waals surface area contributed by atoms with Gasteiger partial charge in [0.1, 0.15) is 17.5 Å². The molecule has 2 aliphatic rings. The third kappa shape index (κ3) is 6.70. The van der Waals surface area contributed by atoms with Gasteiger partial charge in [-0.15, -0.1) is 0 Å². The molecule has 11 heteroatoms. The van der Waals surface area contributed by atoms with Crippen LogP contribution in [0.25, 0.3) is 0 Å². The van der Waals surface area contributed by atoms with Crippen molar-refractivity contribution in [2.75, 3.05) is 16.4 Å². The Balaban J connectivity index is 1.66. The van der Waals surface area contributed by atoms with Gasteiger partial charge < -0.3 is 15.0 Å². The summed E-state index contributed by atoms with van der Waals surface area (Å²) in [6, 6.07) is 12.3. The van der Waals surface area contributed by atoms with Crippen LogP contribution in [0, 0.1) is 12.7 Å². The molecule has 0 spiro atoms. The van der Waals surface area contributed by atoms with Crippen LogP contribution < -0.4 is 10.2 Å². The number of amides is 2. The third-order valence-corrected chi connectivity index (χ3v) is 9.19. The van der Waals surface area contributed by atoms with E-state index < -0.39 is 45.3 Å². The van der Waals surface area contributed by atoms with Crippen molar-refractivity contribution in [3.63, 3.8) is 0 Å². The molecule has 0 aromatic heterocycles. The molecule has 2 saturated heterocycles. The molecule has 0 radical (unpaired) electrons. The monoisotopic (exact) mass is 547 g/mol. The number of alkyl carbamates (subject to hydrolysis) is 1. The van der Waals surface area contributed by atoms with E-state index in [1.807, 2.05) is 30.3 Å². The number of ether oxygens (including phenoxy) is 1. The van der Waals surface area contributed by atoms with E-state index in [1.54, 1.807) is 44.7 Å². The molecule has 3 atom stereocenters. The largest absolute Gasteiger partial charge is 0.444 e. The van der Waals surface area contributed by atoms with Gasteiger partial charge in [-0.05, 0) is 51.0 Å². The van der Waals surface area contributed by atoms with E-state index in [4.69, 9.17) is 4.74 Å². The molecular formula is C26H30FN3O5S2. The number of aliphatic imine (C=N–C) groups is 1. The van der Waals surface area contributed by atoms with E-state index >= 15 is 0 Å². The minimum Gasteiger partial charge on any atom is -0.444 e. The van der Waals surface area contributed by atoms with Gasteiger partial charge in [0.2, 0.25) is 0 Å². The number of nitrogens with zero attached hydrogens (tertiary/aromatic N) is 2. The van der Waals surface area contributed by atoms with Crippen molar-refractivity contribution in [1.82, 2.24) is 5.32 Å². The zero-order chi connectivity index (χ0) is 27.0. The number of rotatable bonds is 5. The summed E-state index contributed by atoms with van der Waals surface area (Å²) in [5.74, 6) is -1.22. The highest BCUT2D eigenvalue weighted by Gasteiger charge is 2.49. The van der Waals surface area contributed by atoms with E-state index in [-0.39, 0.29) is 28.3 Å². The fourth-order valence-electron chi connectivity index (χ4n) is 4.27. The molecule has 2 fully saturated rings. The average Bonchev–Trinajstić information content (AvgIpc) is 3.25. The maximum Gasteiger partial charge on any atom is 0.408 e. The maximum atomic E-state index is 14.4. The van der Waals surface area contributed by atoms with Crippen LogP contribution in [-0.2, 0) is 25.8 Å². The van der Waals surface area contributed by atoms with Gasteiger partial charge in [-0.3, -0.25) is 4.79 Å². The van der Waals surface area contributed by atoms with Crippen LogP contribution in [0.4, 0.5) is 14.9 Å². The van der Waals surface area contributed by atoms with Crippen molar-refractivity contribution < 1.29 is 27.1 Å². The Kier molecular flexibility index (Phi) is 7.66. The van der Waals surface area contributed by atoms with E-state index in [1.165, 1.54) is 17.8 Å². The van der Waals surface area contributed by atoms with Crippen LogP contribution >= 0.6 is 11.8 Å². The lowest BCUT2D eigenvalue weighted by Gasteiger charge is -2.25. The van der Waals surface area contributed by atoms with Crippen molar-refractivity contribution in [2.45, 2.75) is 57.1 Å². The fraction of sp³-hybridized carbons (Fsp3) is 0.423. The Bertz CT molecular complexity index is 1330. The second-order valence-corrected chi connectivity index (χ2v) is 13.6. The first kappa shape index (κ1) is 27.1. The standard InChI is InChI=1S/C26H30FN3O5S2/c1-16-10-11-18(13-19(16)27)30-21-14-37(33,34)15-22(21)36-24(30)29-23(31)20(12-17-8-6-5-7-9-17)28-25(32)35-26(2,3)4/h5-11,13,20-22H,12,14-15H2,1-4H3,(H,28,32)/t20-,21+,22+/m1/s1. The fourth-order valence-corrected chi connectivity index (χ4v) is 8.19. The Morgan fingerprint density at radius 2 is 1.89 bits per heavy atom. The minimum atomic E-state index is -3.28. The molecule has 0 aliphatic carbocycles. The van der Waals surface area contributed by atoms with E-state index in [2.05, 4.69) is 10.3 Å². The molecule has 0 bridgehead atoms. The molecule has 0 unspecified atom stereocenters. The van der Waals surface area contributed by atoms with Gasteiger partial charge in [0.05, 0.1) is 17.5 Å². The summed E-state index contributed by atoms with van der Waals surface area (Å²) in [4.78, 5) is 32.0. The number of nitrogens with one attached hydrogen (secondary N) is 1. The number of fused-ring (bicyclic) bond motifs is 1. The predicted molar refractivity (Wildman–Crippen MR) is 143 cm³/mol. The van der Waals surface area contributed by atoms with Crippen molar-refractivity contribution in [3.05, 3.63) is 65.5 Å². The number of anilines is 1. The second kappa shape index (κ2) is 10.4. The number of hydrogen-bond acceptors (Lipinski definition) is 6. The molecule has 2 heterocycles. The van der Waals surface area contributed by atoms with Gasteiger partial charge in [0.15, 0.2) is 15.0 Å². The van der Waals surface area contributed by atoms with Gasteiger partial charge >= 0.3 is 6.09 Å². The number of sulfone groups is 1. The van der Waals surface area contributed by atoms with E-state index in [0.717, 1.165) is 5.56 Å². The number of aryl methyl sites for hydroxylation is 1. The van der Waals surface area contributed by atoms with Crippen LogP contribution in [-0.4, -0.2) is 60.0 Å². The van der Waals surface area contributed by atoms with Gasteiger partial charge in [-0.1, -0.05) is 48.2 Å². The Hall–Kier alpha value is -2.92. The summed E-state index contributed by atoms with van der Waals surface area (Å²) in [6.45, 7) is 6.81. The minimum absolute atomic E-state index is 0.0516. The highest BCUT2D eigenvalue weighted by Crippen LogP contribution is 2.41. The SMILES string of the molecule is Cc1ccc(N2C(=NC(=O)[C@@H](Cc3ccccc3)NC(=O)OC(C)(C)C)S[C@H]3CS(=O)(=O)C[C@@H]32)cc1F. The lowest BCUT2D eigenvalue weighted by Crippen LogP contribution is -2.45. The topological polar surface area (TPSA) is 105 Å². The smallest absolute Gasteiger partial charge is 0.408 e. The van der Waals surface area contributed by atoms with Crippen LogP contribution in [0.5, 0.6) is 0 Å². The number of amidine groups is 1. The number of carbonyl (C=O) groups excluding carboxylic acids is 2. The molecule has 198 valence electrons. The van der Waals surface area contributed by atoms with Crippen molar-refractivity contribution in [3.8, 4) is 0 Å². The maximum absolute atomic E-state index is 14.4. The van der Waals surface area contributed by atoms with Crippen LogP contribution in [0.1, 0.15) is 31.9 Å². The van der Waals surface area contributed by atoms with E-state index in [9.17, 15) is 22.4 Å². The predicted octanol–water partition coefficient (Wildman–Crippen LogP) is 3.87. The van der Waals surface area contributed by atoms with Crippen LogP contribution in [0.15, 0.2) is 53.5 Å². The Morgan fingerprint density at radius 3 is 2.54 bits per heavy atom. The first-order valence-electron chi connectivity index (χ1n) is 11.9. The normalized spacial score (nSPS) is 22.5. The molecule has 1 N–H and O–H groups in total. The summed E-state index contributed by atoms with van der Waals surface area (Å²) < 4.78 is 44.5. The second-order valence-electron chi connectivity index (χ2n) is 10.2. The zero-order valence-electron chi connectivity index (χ0n) is 21.1.